The lowest BCUT2D eigenvalue weighted by Gasteiger charge is -2.41. The van der Waals surface area contributed by atoms with Crippen molar-refractivity contribution in [1.82, 2.24) is 5.32 Å². The molecule has 7 nitrogen and oxygen atoms in total. The molecule has 26 heavy (non-hydrogen) atoms. The summed E-state index contributed by atoms with van der Waals surface area (Å²) in [6.45, 7) is 4.36. The summed E-state index contributed by atoms with van der Waals surface area (Å²) in [5, 5.41) is 20.4. The zero-order valence-electron chi connectivity index (χ0n) is 14.6. The van der Waals surface area contributed by atoms with Gasteiger partial charge in [0.25, 0.3) is 0 Å². The van der Waals surface area contributed by atoms with Gasteiger partial charge in [0.15, 0.2) is 0 Å². The predicted octanol–water partition coefficient (Wildman–Crippen LogP) is 2.72. The molecule has 2 rings (SSSR count). The highest BCUT2D eigenvalue weighted by Gasteiger charge is 2.49. The van der Waals surface area contributed by atoms with Gasteiger partial charge in [0.05, 0.1) is 28.6 Å². The molecule has 10 heteroatoms. The molecule has 0 unspecified atom stereocenters. The number of amides is 1. The minimum absolute atomic E-state index is 0.0511. The highest BCUT2D eigenvalue weighted by atomic mass is 79.9. The van der Waals surface area contributed by atoms with E-state index in [0.717, 1.165) is 0 Å². The molecular weight excluding hydrogens is 429 g/mol. The van der Waals surface area contributed by atoms with Crippen molar-refractivity contribution in [2.75, 3.05) is 18.9 Å². The number of benzene rings is 1. The fraction of sp³-hybridized carbons (Fsp3) is 0.500. The molecule has 0 aromatic heterocycles. The molecule has 1 aromatic carbocycles. The third-order valence-electron chi connectivity index (χ3n) is 4.34. The number of amidine groups is 1. The second kappa shape index (κ2) is 7.24. The average molecular weight is 450 g/mol. The number of nitrogens with one attached hydrogen (secondary N) is 1. The third-order valence-corrected chi connectivity index (χ3v) is 8.17. The topological polar surface area (TPSA) is 111 Å². The molecule has 0 spiro atoms. The summed E-state index contributed by atoms with van der Waals surface area (Å²) in [5.74, 6) is -0.701. The lowest BCUT2D eigenvalue weighted by atomic mass is 9.93. The number of nitrogens with zero attached hydrogens (tertiary/aromatic N) is 2. The molecule has 0 bridgehead atoms. The van der Waals surface area contributed by atoms with Crippen molar-refractivity contribution in [1.29, 1.82) is 0 Å². The quantitative estimate of drug-likeness (QED) is 0.658. The van der Waals surface area contributed by atoms with Crippen molar-refractivity contribution in [2.45, 2.75) is 31.1 Å². The lowest BCUT2D eigenvalue weighted by molar-refractivity contribution is 0.199. The predicted molar refractivity (Wildman–Crippen MR) is 102 cm³/mol. The molecule has 0 radical (unpaired) electrons. The molecule has 2 atom stereocenters. The minimum atomic E-state index is -3.08. The van der Waals surface area contributed by atoms with E-state index >= 15 is 0 Å². The first-order valence-electron chi connectivity index (χ1n) is 7.82. The smallest absolute Gasteiger partial charge is 0.410 e. The van der Waals surface area contributed by atoms with Crippen molar-refractivity contribution in [3.05, 3.63) is 34.1 Å². The Morgan fingerprint density at radius 3 is 2.69 bits per heavy atom. The van der Waals surface area contributed by atoms with E-state index < -0.39 is 31.9 Å². The van der Waals surface area contributed by atoms with E-state index in [-0.39, 0.29) is 30.3 Å². The molecule has 1 aliphatic rings. The van der Waals surface area contributed by atoms with Crippen LogP contribution in [0.4, 0.5) is 9.18 Å². The number of halogens is 2. The van der Waals surface area contributed by atoms with Crippen LogP contribution in [-0.4, -0.2) is 50.0 Å². The lowest BCUT2D eigenvalue weighted by Crippen LogP contribution is -2.57. The third kappa shape index (κ3) is 3.77. The Bertz CT molecular complexity index is 880. The van der Waals surface area contributed by atoms with E-state index in [4.69, 9.17) is 10.2 Å². The van der Waals surface area contributed by atoms with Crippen molar-refractivity contribution >= 4 is 37.6 Å². The number of carbonyl (C=O) groups is 1. The number of aliphatic imine (C=N–C) groups is 1. The Morgan fingerprint density at radius 2 is 2.12 bits per heavy atom. The molecule has 0 aliphatic carbocycles. The van der Waals surface area contributed by atoms with Gasteiger partial charge in [0.2, 0.25) is 0 Å². The normalized spacial score (nSPS) is 27.5. The second-order valence-electron chi connectivity index (χ2n) is 6.66. The summed E-state index contributed by atoms with van der Waals surface area (Å²) in [6, 6.07) is 4.32. The van der Waals surface area contributed by atoms with Crippen LogP contribution >= 0.6 is 15.9 Å². The molecule has 1 heterocycles. The fourth-order valence-electron chi connectivity index (χ4n) is 2.85. The summed E-state index contributed by atoms with van der Waals surface area (Å²) < 4.78 is 31.7. The van der Waals surface area contributed by atoms with Crippen LogP contribution < -0.4 is 5.32 Å². The molecule has 1 aliphatic heterocycles. The molecule has 3 N–H and O–H groups in total. The van der Waals surface area contributed by atoms with Crippen LogP contribution in [0.5, 0.6) is 0 Å². The SMILES string of the molecule is CC1(C)C(NC(=O)O)=N[C@](C)(c2cc(Br)ccc2F)C[S@]1(=O)=NCCO. The highest BCUT2D eigenvalue weighted by molar-refractivity contribution is 9.10. The number of carboxylic acid groups (broad SMARTS) is 1. The molecule has 0 fully saturated rings. The van der Waals surface area contributed by atoms with Crippen LogP contribution in [0.2, 0.25) is 0 Å². The van der Waals surface area contributed by atoms with Crippen LogP contribution in [0.1, 0.15) is 26.3 Å². The van der Waals surface area contributed by atoms with Gasteiger partial charge >= 0.3 is 6.09 Å². The van der Waals surface area contributed by atoms with Crippen molar-refractivity contribution in [2.24, 2.45) is 9.36 Å². The molecule has 0 saturated heterocycles. The number of aliphatic hydroxyl groups is 1. The van der Waals surface area contributed by atoms with Gasteiger partial charge in [0.1, 0.15) is 21.9 Å². The Hall–Kier alpha value is -1.52. The molecule has 1 aromatic rings. The van der Waals surface area contributed by atoms with Gasteiger partial charge in [-0.2, -0.15) is 0 Å². The maximum Gasteiger partial charge on any atom is 0.410 e. The zero-order chi connectivity index (χ0) is 19.8. The average Bonchev–Trinajstić information content (AvgIpc) is 2.52. The Kier molecular flexibility index (Phi) is 5.79. The van der Waals surface area contributed by atoms with Gasteiger partial charge in [-0.1, -0.05) is 15.9 Å². The van der Waals surface area contributed by atoms with Gasteiger partial charge in [0, 0.05) is 10.0 Å². The second-order valence-corrected chi connectivity index (χ2v) is 10.4. The summed E-state index contributed by atoms with van der Waals surface area (Å²) >= 11 is 3.28. The Labute approximate surface area is 160 Å². The number of aliphatic hydroxyl groups excluding tert-OH is 1. The van der Waals surface area contributed by atoms with E-state index in [1.54, 1.807) is 20.8 Å². The van der Waals surface area contributed by atoms with E-state index in [2.05, 4.69) is 30.6 Å². The number of rotatable bonds is 3. The maximum absolute atomic E-state index is 14.5. The standard InChI is InChI=1S/C16H21BrFN3O4S/c1-15(2)13(20-14(23)24)21-16(3,9-26(15,25)19-6-7-22)11-8-10(17)4-5-12(11)18/h4-5,8,22H,6-7,9H2,1-3H3,(H,20,21)(H,23,24)/t16-,26+/m0/s1. The summed E-state index contributed by atoms with van der Waals surface area (Å²) in [7, 11) is -3.08. The van der Waals surface area contributed by atoms with E-state index in [1.807, 2.05) is 0 Å². The highest BCUT2D eigenvalue weighted by Crippen LogP contribution is 2.40. The Morgan fingerprint density at radius 1 is 1.46 bits per heavy atom. The van der Waals surface area contributed by atoms with Crippen LogP contribution in [0.15, 0.2) is 32.0 Å². The largest absolute Gasteiger partial charge is 0.465 e. The van der Waals surface area contributed by atoms with Gasteiger partial charge in [-0.25, -0.2) is 17.8 Å². The number of hydrogen-bond donors (Lipinski definition) is 3. The first-order valence-corrected chi connectivity index (χ1v) is 10.3. The minimum Gasteiger partial charge on any atom is -0.465 e. The Balaban J connectivity index is 2.76. The summed E-state index contributed by atoms with van der Waals surface area (Å²) in [5.41, 5.74) is -1.11. The van der Waals surface area contributed by atoms with Crippen LogP contribution in [-0.2, 0) is 15.3 Å². The summed E-state index contributed by atoms with van der Waals surface area (Å²) in [6.07, 6.45) is -1.36. The molecule has 1 amide bonds. The van der Waals surface area contributed by atoms with Crippen LogP contribution in [0.3, 0.4) is 0 Å². The van der Waals surface area contributed by atoms with Crippen molar-refractivity contribution in [3.63, 3.8) is 0 Å². The zero-order valence-corrected chi connectivity index (χ0v) is 17.0. The van der Waals surface area contributed by atoms with Crippen molar-refractivity contribution < 1.29 is 23.6 Å². The maximum atomic E-state index is 14.5. The van der Waals surface area contributed by atoms with E-state index in [9.17, 15) is 13.4 Å². The monoisotopic (exact) mass is 449 g/mol. The molecular formula is C16H21BrFN3O4S. The van der Waals surface area contributed by atoms with Gasteiger partial charge in [-0.15, -0.1) is 0 Å². The number of hydrogen-bond acceptors (Lipinski definition) is 5. The fourth-order valence-corrected chi connectivity index (χ4v) is 5.74. The van der Waals surface area contributed by atoms with Gasteiger partial charge in [-0.05, 0) is 39.0 Å². The van der Waals surface area contributed by atoms with Crippen molar-refractivity contribution in [3.8, 4) is 0 Å². The first kappa shape index (κ1) is 20.8. The van der Waals surface area contributed by atoms with Crippen LogP contribution in [0, 0.1) is 5.82 Å². The first-order chi connectivity index (χ1) is 11.9. The molecule has 0 saturated carbocycles. The van der Waals surface area contributed by atoms with Gasteiger partial charge in [-0.3, -0.25) is 10.3 Å². The summed E-state index contributed by atoms with van der Waals surface area (Å²) in [4.78, 5) is 15.7. The van der Waals surface area contributed by atoms with E-state index in [0.29, 0.717) is 4.47 Å². The van der Waals surface area contributed by atoms with Crippen LogP contribution in [0.25, 0.3) is 0 Å². The van der Waals surface area contributed by atoms with Gasteiger partial charge < -0.3 is 10.2 Å². The molecule has 144 valence electrons. The van der Waals surface area contributed by atoms with E-state index in [1.165, 1.54) is 18.2 Å².